The van der Waals surface area contributed by atoms with Gasteiger partial charge in [0.05, 0.1) is 0 Å². The predicted octanol–water partition coefficient (Wildman–Crippen LogP) is 1.000. The Kier molecular flexibility index (Phi) is 2.38. The number of aliphatic hydroxyl groups is 1. The Morgan fingerprint density at radius 2 is 2.46 bits per heavy atom. The van der Waals surface area contributed by atoms with Crippen molar-refractivity contribution in [2.45, 2.75) is 13.0 Å². The second-order valence-corrected chi connectivity index (χ2v) is 3.80. The molecule has 0 saturated carbocycles. The molecule has 2 rings (SSSR count). The fourth-order valence-corrected chi connectivity index (χ4v) is 1.84. The van der Waals surface area contributed by atoms with Crippen LogP contribution < -0.4 is 0 Å². The van der Waals surface area contributed by atoms with Crippen molar-refractivity contribution < 1.29 is 5.11 Å². The largest absolute Gasteiger partial charge is 0.396 e. The molecule has 0 spiro atoms. The van der Waals surface area contributed by atoms with Crippen molar-refractivity contribution in [1.29, 1.82) is 0 Å². The van der Waals surface area contributed by atoms with Crippen LogP contribution in [-0.2, 0) is 0 Å². The number of likely N-dealkylation sites (tertiary alicyclic amines) is 1. The first-order valence-electron chi connectivity index (χ1n) is 4.79. The molecule has 1 aromatic heterocycles. The summed E-state index contributed by atoms with van der Waals surface area (Å²) in [5.41, 5.74) is 1.26. The lowest BCUT2D eigenvalue weighted by Crippen LogP contribution is -2.49. The number of aromatic nitrogens is 1. The molecule has 1 saturated heterocycles. The Morgan fingerprint density at radius 1 is 1.69 bits per heavy atom. The van der Waals surface area contributed by atoms with Crippen LogP contribution in [0.15, 0.2) is 18.3 Å². The molecule has 0 bridgehead atoms. The van der Waals surface area contributed by atoms with E-state index in [4.69, 9.17) is 5.11 Å². The van der Waals surface area contributed by atoms with Gasteiger partial charge in [-0.3, -0.25) is 4.90 Å². The average Bonchev–Trinajstić information content (AvgIpc) is 2.53. The van der Waals surface area contributed by atoms with Crippen LogP contribution in [0.2, 0.25) is 0 Å². The Bertz CT molecular complexity index is 252. The van der Waals surface area contributed by atoms with Crippen molar-refractivity contribution in [2.24, 2.45) is 5.92 Å². The van der Waals surface area contributed by atoms with Gasteiger partial charge in [0, 0.05) is 43.5 Å². The zero-order valence-corrected chi connectivity index (χ0v) is 7.90. The summed E-state index contributed by atoms with van der Waals surface area (Å²) >= 11 is 0. The van der Waals surface area contributed by atoms with E-state index in [1.165, 1.54) is 5.69 Å². The molecule has 1 unspecified atom stereocenters. The molecule has 2 N–H and O–H groups in total. The van der Waals surface area contributed by atoms with Gasteiger partial charge in [-0.15, -0.1) is 0 Å². The minimum absolute atomic E-state index is 0.327. The number of aliphatic hydroxyl groups excluding tert-OH is 1. The van der Waals surface area contributed by atoms with E-state index in [0.29, 0.717) is 18.6 Å². The fraction of sp³-hybridized carbons (Fsp3) is 0.600. The molecule has 0 radical (unpaired) electrons. The van der Waals surface area contributed by atoms with Crippen LogP contribution >= 0.6 is 0 Å². The van der Waals surface area contributed by atoms with Crippen LogP contribution in [0.5, 0.6) is 0 Å². The Balaban J connectivity index is 1.90. The summed E-state index contributed by atoms with van der Waals surface area (Å²) in [6.07, 6.45) is 1.95. The van der Waals surface area contributed by atoms with Crippen molar-refractivity contribution in [3.05, 3.63) is 24.0 Å². The van der Waals surface area contributed by atoms with E-state index in [0.717, 1.165) is 13.1 Å². The molecule has 2 heterocycles. The van der Waals surface area contributed by atoms with Gasteiger partial charge in [-0.1, -0.05) is 0 Å². The second-order valence-electron chi connectivity index (χ2n) is 3.80. The van der Waals surface area contributed by atoms with E-state index >= 15 is 0 Å². The topological polar surface area (TPSA) is 39.3 Å². The molecule has 1 aromatic rings. The van der Waals surface area contributed by atoms with E-state index in [9.17, 15) is 0 Å². The number of rotatable bonds is 3. The zero-order valence-electron chi connectivity index (χ0n) is 7.90. The summed E-state index contributed by atoms with van der Waals surface area (Å²) in [4.78, 5) is 5.58. The maximum atomic E-state index is 8.88. The Labute approximate surface area is 78.4 Å². The van der Waals surface area contributed by atoms with Crippen molar-refractivity contribution in [3.63, 3.8) is 0 Å². The summed E-state index contributed by atoms with van der Waals surface area (Å²) in [6.45, 7) is 4.57. The van der Waals surface area contributed by atoms with Crippen LogP contribution in [0.4, 0.5) is 0 Å². The number of nitrogens with one attached hydrogen (secondary N) is 1. The molecular formula is C10H16N2O. The fourth-order valence-electron chi connectivity index (χ4n) is 1.84. The molecule has 1 fully saturated rings. The Morgan fingerprint density at radius 3 is 3.00 bits per heavy atom. The summed E-state index contributed by atoms with van der Waals surface area (Å²) in [5, 5.41) is 8.88. The predicted molar refractivity (Wildman–Crippen MR) is 51.4 cm³/mol. The van der Waals surface area contributed by atoms with Gasteiger partial charge >= 0.3 is 0 Å². The molecule has 0 aliphatic carbocycles. The molecule has 1 aliphatic heterocycles. The summed E-state index contributed by atoms with van der Waals surface area (Å²) in [7, 11) is 0. The van der Waals surface area contributed by atoms with E-state index < -0.39 is 0 Å². The monoisotopic (exact) mass is 180 g/mol. The maximum absolute atomic E-state index is 8.88. The summed E-state index contributed by atoms with van der Waals surface area (Å²) in [5.74, 6) is 0.498. The number of aromatic amines is 1. The first kappa shape index (κ1) is 8.78. The average molecular weight is 180 g/mol. The molecular weight excluding hydrogens is 164 g/mol. The van der Waals surface area contributed by atoms with Gasteiger partial charge in [-0.25, -0.2) is 0 Å². The highest BCUT2D eigenvalue weighted by Gasteiger charge is 2.30. The third-order valence-electron chi connectivity index (χ3n) is 2.86. The van der Waals surface area contributed by atoms with Crippen molar-refractivity contribution in [2.75, 3.05) is 19.7 Å². The van der Waals surface area contributed by atoms with Crippen molar-refractivity contribution in [3.8, 4) is 0 Å². The summed E-state index contributed by atoms with van der Waals surface area (Å²) < 4.78 is 0. The molecule has 13 heavy (non-hydrogen) atoms. The van der Waals surface area contributed by atoms with Gasteiger partial charge in [-0.2, -0.15) is 0 Å². The molecule has 3 nitrogen and oxygen atoms in total. The lowest BCUT2D eigenvalue weighted by Gasteiger charge is -2.42. The van der Waals surface area contributed by atoms with E-state index in [1.807, 2.05) is 12.3 Å². The number of hydrogen-bond acceptors (Lipinski definition) is 2. The molecule has 1 atom stereocenters. The zero-order chi connectivity index (χ0) is 9.26. The molecule has 0 amide bonds. The summed E-state index contributed by atoms with van der Waals surface area (Å²) in [6, 6.07) is 4.59. The van der Waals surface area contributed by atoms with Crippen LogP contribution in [0.3, 0.4) is 0 Å². The van der Waals surface area contributed by atoms with Crippen molar-refractivity contribution in [1.82, 2.24) is 9.88 Å². The third-order valence-corrected chi connectivity index (χ3v) is 2.86. The van der Waals surface area contributed by atoms with Gasteiger partial charge in [0.2, 0.25) is 0 Å². The van der Waals surface area contributed by atoms with Crippen LogP contribution in [0, 0.1) is 5.92 Å². The van der Waals surface area contributed by atoms with Crippen LogP contribution in [-0.4, -0.2) is 34.7 Å². The SMILES string of the molecule is CC(c1ccc[nH]1)N1CC(CO)C1. The molecule has 72 valence electrons. The van der Waals surface area contributed by atoms with Gasteiger partial charge < -0.3 is 10.1 Å². The van der Waals surface area contributed by atoms with Gasteiger partial charge in [0.1, 0.15) is 0 Å². The van der Waals surface area contributed by atoms with Gasteiger partial charge in [0.15, 0.2) is 0 Å². The highest BCUT2D eigenvalue weighted by Crippen LogP contribution is 2.26. The van der Waals surface area contributed by atoms with E-state index in [-0.39, 0.29) is 0 Å². The lowest BCUT2D eigenvalue weighted by molar-refractivity contribution is 0.0234. The van der Waals surface area contributed by atoms with E-state index in [2.05, 4.69) is 22.9 Å². The second kappa shape index (κ2) is 3.52. The lowest BCUT2D eigenvalue weighted by atomic mass is 9.98. The quantitative estimate of drug-likeness (QED) is 0.728. The number of H-pyrrole nitrogens is 1. The first-order chi connectivity index (χ1) is 6.31. The van der Waals surface area contributed by atoms with Crippen molar-refractivity contribution >= 4 is 0 Å². The van der Waals surface area contributed by atoms with Gasteiger partial charge in [-0.05, 0) is 19.1 Å². The van der Waals surface area contributed by atoms with Crippen LogP contribution in [0.1, 0.15) is 18.7 Å². The minimum Gasteiger partial charge on any atom is -0.396 e. The third kappa shape index (κ3) is 1.62. The smallest absolute Gasteiger partial charge is 0.0483 e. The van der Waals surface area contributed by atoms with E-state index in [1.54, 1.807) is 0 Å². The molecule has 0 aromatic carbocycles. The highest BCUT2D eigenvalue weighted by molar-refractivity contribution is 5.09. The normalized spacial score (nSPS) is 21.4. The Hall–Kier alpha value is -0.800. The molecule has 3 heteroatoms. The first-order valence-corrected chi connectivity index (χ1v) is 4.79. The van der Waals surface area contributed by atoms with Gasteiger partial charge in [0.25, 0.3) is 0 Å². The highest BCUT2D eigenvalue weighted by atomic mass is 16.3. The number of hydrogen-bond donors (Lipinski definition) is 2. The molecule has 1 aliphatic rings. The number of nitrogens with zero attached hydrogens (tertiary/aromatic N) is 1. The minimum atomic E-state index is 0.327. The standard InChI is InChI=1S/C10H16N2O/c1-8(10-3-2-4-11-10)12-5-9(6-12)7-13/h2-4,8-9,11,13H,5-7H2,1H3. The maximum Gasteiger partial charge on any atom is 0.0483 e. The van der Waals surface area contributed by atoms with Crippen LogP contribution in [0.25, 0.3) is 0 Å².